The predicted octanol–water partition coefficient (Wildman–Crippen LogP) is 3.53. The molecule has 110 valence electrons. The molecule has 1 aromatic rings. The summed E-state index contributed by atoms with van der Waals surface area (Å²) in [6.45, 7) is 2.85. The summed E-state index contributed by atoms with van der Waals surface area (Å²) >= 11 is 6.13. The number of halogens is 1. The topological polar surface area (TPSA) is 21.3 Å². The molecule has 3 heteroatoms. The van der Waals surface area contributed by atoms with Crippen molar-refractivity contribution in [2.45, 2.75) is 25.7 Å². The lowest BCUT2D eigenvalue weighted by Crippen LogP contribution is -2.36. The molecule has 2 aliphatic rings. The van der Waals surface area contributed by atoms with Crippen molar-refractivity contribution >= 4 is 11.6 Å². The number of benzene rings is 1. The average molecular weight is 294 g/mol. The van der Waals surface area contributed by atoms with Crippen LogP contribution in [0.4, 0.5) is 0 Å². The van der Waals surface area contributed by atoms with Crippen LogP contribution in [0.15, 0.2) is 24.3 Å². The molecule has 2 unspecified atom stereocenters. The van der Waals surface area contributed by atoms with Gasteiger partial charge >= 0.3 is 0 Å². The van der Waals surface area contributed by atoms with Gasteiger partial charge in [-0.25, -0.2) is 0 Å². The number of nitrogens with one attached hydrogen (secondary N) is 1. The molecule has 3 rings (SSSR count). The first-order valence-electron chi connectivity index (χ1n) is 7.65. The smallest absolute Gasteiger partial charge is 0.0587 e. The van der Waals surface area contributed by atoms with E-state index < -0.39 is 0 Å². The van der Waals surface area contributed by atoms with Crippen molar-refractivity contribution in [3.63, 3.8) is 0 Å². The van der Waals surface area contributed by atoms with Crippen molar-refractivity contribution in [3.8, 4) is 0 Å². The van der Waals surface area contributed by atoms with Gasteiger partial charge in [-0.2, -0.15) is 0 Å². The number of fused-ring (bicyclic) bond motifs is 1. The second-order valence-electron chi connectivity index (χ2n) is 6.64. The van der Waals surface area contributed by atoms with Crippen LogP contribution in [0.25, 0.3) is 0 Å². The Kier molecular flexibility index (Phi) is 4.34. The molecule has 2 nitrogen and oxygen atoms in total. The van der Waals surface area contributed by atoms with Crippen LogP contribution < -0.4 is 5.32 Å². The fraction of sp³-hybridized carbons (Fsp3) is 0.647. The maximum absolute atomic E-state index is 6.13. The lowest BCUT2D eigenvalue weighted by atomic mass is 9.77. The van der Waals surface area contributed by atoms with E-state index in [0.717, 1.165) is 43.0 Å². The second kappa shape index (κ2) is 6.05. The van der Waals surface area contributed by atoms with Crippen LogP contribution in [-0.4, -0.2) is 26.8 Å². The van der Waals surface area contributed by atoms with Crippen LogP contribution in [0.5, 0.6) is 0 Å². The normalized spacial score (nSPS) is 31.3. The van der Waals surface area contributed by atoms with Gasteiger partial charge < -0.3 is 10.1 Å². The molecule has 1 aromatic carbocycles. The highest BCUT2D eigenvalue weighted by Gasteiger charge is 2.53. The Morgan fingerprint density at radius 3 is 2.85 bits per heavy atom. The Morgan fingerprint density at radius 1 is 1.35 bits per heavy atom. The van der Waals surface area contributed by atoms with Crippen LogP contribution in [-0.2, 0) is 11.2 Å². The number of rotatable bonds is 7. The van der Waals surface area contributed by atoms with Crippen LogP contribution in [0.3, 0.4) is 0 Å². The summed E-state index contributed by atoms with van der Waals surface area (Å²) in [5, 5.41) is 4.44. The third kappa shape index (κ3) is 3.36. The standard InChI is InChI=1S/C17H24ClNO/c1-20-6-5-19-12-17(10-14-8-15(14)11-17)9-13-3-2-4-16(18)7-13/h2-4,7,14-15,19H,5-6,8-12H2,1H3. The first-order chi connectivity index (χ1) is 9.71. The molecule has 0 saturated heterocycles. The summed E-state index contributed by atoms with van der Waals surface area (Å²) in [6.07, 6.45) is 5.38. The van der Waals surface area contributed by atoms with Gasteiger partial charge in [0.1, 0.15) is 0 Å². The van der Waals surface area contributed by atoms with E-state index in [1.165, 1.54) is 24.8 Å². The Balaban J connectivity index is 1.63. The molecule has 2 fully saturated rings. The van der Waals surface area contributed by atoms with E-state index in [1.54, 1.807) is 7.11 Å². The van der Waals surface area contributed by atoms with Crippen molar-refractivity contribution in [3.05, 3.63) is 34.9 Å². The minimum absolute atomic E-state index is 0.437. The average Bonchev–Trinajstić information content (AvgIpc) is 3.03. The fourth-order valence-electron chi connectivity index (χ4n) is 3.96. The Bertz CT molecular complexity index is 452. The van der Waals surface area contributed by atoms with E-state index in [4.69, 9.17) is 16.3 Å². The summed E-state index contributed by atoms with van der Waals surface area (Å²) in [5.41, 5.74) is 1.82. The Hall–Kier alpha value is -0.570. The van der Waals surface area contributed by atoms with Crippen molar-refractivity contribution in [1.29, 1.82) is 0 Å². The van der Waals surface area contributed by atoms with E-state index in [1.807, 2.05) is 6.07 Å². The van der Waals surface area contributed by atoms with Crippen molar-refractivity contribution in [1.82, 2.24) is 5.32 Å². The van der Waals surface area contributed by atoms with Crippen LogP contribution >= 0.6 is 11.6 Å². The number of ether oxygens (including phenoxy) is 1. The number of hydrogen-bond acceptors (Lipinski definition) is 2. The lowest BCUT2D eigenvalue weighted by molar-refractivity contribution is 0.186. The minimum Gasteiger partial charge on any atom is -0.383 e. The molecule has 0 radical (unpaired) electrons. The first-order valence-corrected chi connectivity index (χ1v) is 8.03. The van der Waals surface area contributed by atoms with Gasteiger partial charge in [0.2, 0.25) is 0 Å². The monoisotopic (exact) mass is 293 g/mol. The Morgan fingerprint density at radius 2 is 2.15 bits per heavy atom. The van der Waals surface area contributed by atoms with Gasteiger partial charge in [0.15, 0.2) is 0 Å². The third-order valence-corrected chi connectivity index (χ3v) is 5.15. The van der Waals surface area contributed by atoms with Crippen molar-refractivity contribution < 1.29 is 4.74 Å². The van der Waals surface area contributed by atoms with Gasteiger partial charge in [0, 0.05) is 25.2 Å². The summed E-state index contributed by atoms with van der Waals surface area (Å²) < 4.78 is 5.12. The van der Waals surface area contributed by atoms with Crippen LogP contribution in [0, 0.1) is 17.3 Å². The molecule has 0 heterocycles. The first kappa shape index (κ1) is 14.4. The molecule has 0 spiro atoms. The van der Waals surface area contributed by atoms with Crippen molar-refractivity contribution in [2.75, 3.05) is 26.8 Å². The summed E-state index contributed by atoms with van der Waals surface area (Å²) in [7, 11) is 1.76. The summed E-state index contributed by atoms with van der Waals surface area (Å²) in [5.74, 6) is 2.00. The summed E-state index contributed by atoms with van der Waals surface area (Å²) in [4.78, 5) is 0. The van der Waals surface area contributed by atoms with E-state index in [-0.39, 0.29) is 0 Å². The molecule has 20 heavy (non-hydrogen) atoms. The van der Waals surface area contributed by atoms with Gasteiger partial charge in [-0.05, 0) is 60.6 Å². The zero-order valence-corrected chi connectivity index (χ0v) is 13.0. The highest BCUT2D eigenvalue weighted by Crippen LogP contribution is 2.60. The third-order valence-electron chi connectivity index (χ3n) is 4.91. The van der Waals surface area contributed by atoms with E-state index in [0.29, 0.717) is 5.41 Å². The van der Waals surface area contributed by atoms with Crippen LogP contribution in [0.2, 0.25) is 5.02 Å². The molecule has 2 saturated carbocycles. The molecular formula is C17H24ClNO. The molecule has 2 aliphatic carbocycles. The predicted molar refractivity (Wildman–Crippen MR) is 83.2 cm³/mol. The molecule has 0 aromatic heterocycles. The minimum atomic E-state index is 0.437. The van der Waals surface area contributed by atoms with Gasteiger partial charge in [-0.15, -0.1) is 0 Å². The van der Waals surface area contributed by atoms with E-state index in [9.17, 15) is 0 Å². The zero-order chi connectivity index (χ0) is 14.0. The van der Waals surface area contributed by atoms with Gasteiger partial charge in [0.05, 0.1) is 6.61 Å². The Labute approximate surface area is 126 Å². The molecule has 0 bridgehead atoms. The molecule has 0 amide bonds. The van der Waals surface area contributed by atoms with Gasteiger partial charge in [0.25, 0.3) is 0 Å². The van der Waals surface area contributed by atoms with Gasteiger partial charge in [-0.3, -0.25) is 0 Å². The fourth-order valence-corrected chi connectivity index (χ4v) is 4.18. The van der Waals surface area contributed by atoms with Crippen LogP contribution in [0.1, 0.15) is 24.8 Å². The number of methoxy groups -OCH3 is 1. The maximum Gasteiger partial charge on any atom is 0.0587 e. The molecule has 2 atom stereocenters. The second-order valence-corrected chi connectivity index (χ2v) is 7.08. The number of hydrogen-bond donors (Lipinski definition) is 1. The van der Waals surface area contributed by atoms with E-state index >= 15 is 0 Å². The van der Waals surface area contributed by atoms with Crippen molar-refractivity contribution in [2.24, 2.45) is 17.3 Å². The molecular weight excluding hydrogens is 270 g/mol. The SMILES string of the molecule is COCCNCC1(Cc2cccc(Cl)c2)CC2CC2C1. The zero-order valence-electron chi connectivity index (χ0n) is 12.2. The van der Waals surface area contributed by atoms with E-state index in [2.05, 4.69) is 23.5 Å². The highest BCUT2D eigenvalue weighted by molar-refractivity contribution is 6.30. The molecule has 1 N–H and O–H groups in total. The lowest BCUT2D eigenvalue weighted by Gasteiger charge is -2.31. The maximum atomic E-state index is 6.13. The van der Waals surface area contributed by atoms with Gasteiger partial charge in [-0.1, -0.05) is 23.7 Å². The largest absolute Gasteiger partial charge is 0.383 e. The quantitative estimate of drug-likeness (QED) is 0.777. The summed E-state index contributed by atoms with van der Waals surface area (Å²) in [6, 6.07) is 8.37. The highest BCUT2D eigenvalue weighted by atomic mass is 35.5. The molecule has 0 aliphatic heterocycles.